The summed E-state index contributed by atoms with van der Waals surface area (Å²) in [5.74, 6) is -0.0835. The van der Waals surface area contributed by atoms with E-state index in [0.717, 1.165) is 17.5 Å². The molecule has 1 aliphatic heterocycles. The number of hydrogen-bond donors (Lipinski definition) is 1. The van der Waals surface area contributed by atoms with Crippen LogP contribution in [0.5, 0.6) is 0 Å². The summed E-state index contributed by atoms with van der Waals surface area (Å²) in [4.78, 5) is 30.5. The molecule has 116 valence electrons. The number of fused-ring (bicyclic) bond motifs is 1. The predicted octanol–water partition coefficient (Wildman–Crippen LogP) is 1.17. The second kappa shape index (κ2) is 5.79. The van der Waals surface area contributed by atoms with Crippen LogP contribution in [0, 0.1) is 5.92 Å². The number of rotatable bonds is 3. The van der Waals surface area contributed by atoms with Crippen LogP contribution < -0.4 is 5.32 Å². The molecule has 0 spiro atoms. The van der Waals surface area contributed by atoms with Crippen LogP contribution in [0.4, 0.5) is 0 Å². The largest absolute Gasteiger partial charge is 0.356 e. The third-order valence-electron chi connectivity index (χ3n) is 4.17. The van der Waals surface area contributed by atoms with E-state index in [9.17, 15) is 9.59 Å². The minimum Gasteiger partial charge on any atom is -0.356 e. The first-order chi connectivity index (χ1) is 10.6. The maximum atomic E-state index is 12.6. The molecule has 0 aliphatic carbocycles. The van der Waals surface area contributed by atoms with E-state index >= 15 is 0 Å². The first kappa shape index (κ1) is 14.6. The lowest BCUT2D eigenvalue weighted by molar-refractivity contribution is -0.124. The Morgan fingerprint density at radius 3 is 3.00 bits per heavy atom. The lowest BCUT2D eigenvalue weighted by Gasteiger charge is -2.16. The molecule has 2 amide bonds. The van der Waals surface area contributed by atoms with E-state index < -0.39 is 0 Å². The van der Waals surface area contributed by atoms with Gasteiger partial charge >= 0.3 is 0 Å². The predicted molar refractivity (Wildman–Crippen MR) is 83.4 cm³/mol. The summed E-state index contributed by atoms with van der Waals surface area (Å²) in [6.45, 7) is 3.64. The molecule has 0 unspecified atom stereocenters. The van der Waals surface area contributed by atoms with Gasteiger partial charge in [0.05, 0.1) is 23.3 Å². The van der Waals surface area contributed by atoms with Gasteiger partial charge in [-0.2, -0.15) is 0 Å². The normalized spacial score (nSPS) is 17.9. The highest BCUT2D eigenvalue weighted by Crippen LogP contribution is 2.21. The number of nitrogens with one attached hydrogen (secondary N) is 1. The maximum Gasteiger partial charge on any atom is 0.253 e. The number of hydrogen-bond acceptors (Lipinski definition) is 3. The van der Waals surface area contributed by atoms with Crippen LogP contribution in [0.3, 0.4) is 0 Å². The number of benzene rings is 1. The van der Waals surface area contributed by atoms with Crippen LogP contribution in [0.25, 0.3) is 11.0 Å². The van der Waals surface area contributed by atoms with Crippen molar-refractivity contribution in [3.63, 3.8) is 0 Å². The third-order valence-corrected chi connectivity index (χ3v) is 4.17. The average molecular weight is 300 g/mol. The molecule has 3 rings (SSSR count). The minimum absolute atomic E-state index is 0.0284. The monoisotopic (exact) mass is 300 g/mol. The summed E-state index contributed by atoms with van der Waals surface area (Å²) in [5.41, 5.74) is 2.44. The Bertz CT molecular complexity index is 722. The number of nitrogens with zero attached hydrogens (tertiary/aromatic N) is 3. The van der Waals surface area contributed by atoms with Crippen molar-refractivity contribution >= 4 is 22.8 Å². The highest BCUT2D eigenvalue weighted by molar-refractivity contribution is 5.98. The van der Waals surface area contributed by atoms with Crippen molar-refractivity contribution < 1.29 is 9.59 Å². The van der Waals surface area contributed by atoms with E-state index in [0.29, 0.717) is 25.2 Å². The molecule has 1 N–H and O–H groups in total. The SMILES string of the molecule is CCNC(=O)[C@@H]1CCN(C(=O)c2ccc3c(c2)ncn3C)C1. The van der Waals surface area contributed by atoms with Crippen LogP contribution in [-0.2, 0) is 11.8 Å². The molecule has 0 bridgehead atoms. The van der Waals surface area contributed by atoms with Gasteiger partial charge in [-0.3, -0.25) is 9.59 Å². The van der Waals surface area contributed by atoms with Crippen LogP contribution in [0.15, 0.2) is 24.5 Å². The fraction of sp³-hybridized carbons (Fsp3) is 0.438. The molecule has 1 aromatic carbocycles. The van der Waals surface area contributed by atoms with E-state index in [-0.39, 0.29) is 17.7 Å². The fourth-order valence-corrected chi connectivity index (χ4v) is 2.93. The number of aromatic nitrogens is 2. The van der Waals surface area contributed by atoms with Crippen molar-refractivity contribution in [1.82, 2.24) is 19.8 Å². The zero-order valence-electron chi connectivity index (χ0n) is 12.9. The molecule has 1 aliphatic rings. The lowest BCUT2D eigenvalue weighted by Crippen LogP contribution is -2.34. The maximum absolute atomic E-state index is 12.6. The second-order valence-corrected chi connectivity index (χ2v) is 5.69. The second-order valence-electron chi connectivity index (χ2n) is 5.69. The topological polar surface area (TPSA) is 67.2 Å². The molecular weight excluding hydrogens is 280 g/mol. The van der Waals surface area contributed by atoms with Gasteiger partial charge in [0.25, 0.3) is 5.91 Å². The number of imidazole rings is 1. The van der Waals surface area contributed by atoms with Crippen molar-refractivity contribution in [3.05, 3.63) is 30.1 Å². The summed E-state index contributed by atoms with van der Waals surface area (Å²) in [5, 5.41) is 2.82. The molecule has 0 radical (unpaired) electrons. The summed E-state index contributed by atoms with van der Waals surface area (Å²) < 4.78 is 1.92. The van der Waals surface area contributed by atoms with E-state index in [2.05, 4.69) is 10.3 Å². The summed E-state index contributed by atoms with van der Waals surface area (Å²) in [6.07, 6.45) is 2.46. The van der Waals surface area contributed by atoms with E-state index in [1.54, 1.807) is 11.2 Å². The summed E-state index contributed by atoms with van der Waals surface area (Å²) in [6, 6.07) is 5.55. The Morgan fingerprint density at radius 1 is 1.41 bits per heavy atom. The fourth-order valence-electron chi connectivity index (χ4n) is 2.93. The number of amides is 2. The van der Waals surface area contributed by atoms with Crippen LogP contribution >= 0.6 is 0 Å². The van der Waals surface area contributed by atoms with Gasteiger partial charge in [0, 0.05) is 32.2 Å². The quantitative estimate of drug-likeness (QED) is 0.925. The molecule has 1 atom stereocenters. The Labute approximate surface area is 129 Å². The summed E-state index contributed by atoms with van der Waals surface area (Å²) in [7, 11) is 1.92. The van der Waals surface area contributed by atoms with Crippen molar-refractivity contribution in [1.29, 1.82) is 0 Å². The minimum atomic E-state index is -0.0949. The number of likely N-dealkylation sites (tertiary alicyclic amines) is 1. The van der Waals surface area contributed by atoms with Gasteiger partial charge in [-0.15, -0.1) is 0 Å². The van der Waals surface area contributed by atoms with Crippen molar-refractivity contribution in [2.24, 2.45) is 13.0 Å². The molecule has 0 saturated carbocycles. The molecule has 1 aromatic heterocycles. The Kier molecular flexibility index (Phi) is 3.83. The van der Waals surface area contributed by atoms with Gasteiger partial charge in [0.2, 0.25) is 5.91 Å². The highest BCUT2D eigenvalue weighted by Gasteiger charge is 2.31. The van der Waals surface area contributed by atoms with Crippen molar-refractivity contribution in [2.45, 2.75) is 13.3 Å². The Balaban J connectivity index is 1.74. The van der Waals surface area contributed by atoms with Gasteiger partial charge < -0.3 is 14.8 Å². The molecule has 1 fully saturated rings. The summed E-state index contributed by atoms with van der Waals surface area (Å²) >= 11 is 0. The van der Waals surface area contributed by atoms with Crippen LogP contribution in [0.1, 0.15) is 23.7 Å². The number of aryl methyl sites for hydroxylation is 1. The van der Waals surface area contributed by atoms with Crippen molar-refractivity contribution in [3.8, 4) is 0 Å². The smallest absolute Gasteiger partial charge is 0.253 e. The van der Waals surface area contributed by atoms with E-state index in [1.807, 2.05) is 36.7 Å². The Hall–Kier alpha value is -2.37. The van der Waals surface area contributed by atoms with Gasteiger partial charge in [-0.1, -0.05) is 0 Å². The van der Waals surface area contributed by atoms with Gasteiger partial charge in [-0.05, 0) is 31.5 Å². The molecule has 22 heavy (non-hydrogen) atoms. The lowest BCUT2D eigenvalue weighted by atomic mass is 10.1. The molecule has 1 saturated heterocycles. The van der Waals surface area contributed by atoms with Gasteiger partial charge in [-0.25, -0.2) is 4.98 Å². The number of carbonyl (C=O) groups is 2. The van der Waals surface area contributed by atoms with E-state index in [4.69, 9.17) is 0 Å². The van der Waals surface area contributed by atoms with E-state index in [1.165, 1.54) is 0 Å². The average Bonchev–Trinajstić information content (AvgIpc) is 3.14. The Morgan fingerprint density at radius 2 is 2.23 bits per heavy atom. The number of carbonyl (C=O) groups excluding carboxylic acids is 2. The molecule has 6 nitrogen and oxygen atoms in total. The standard InChI is InChI=1S/C16H20N4O2/c1-3-17-15(21)12-6-7-20(9-12)16(22)11-4-5-14-13(8-11)18-10-19(14)2/h4-5,8,10,12H,3,6-7,9H2,1-2H3,(H,17,21)/t12-/m1/s1. The van der Waals surface area contributed by atoms with Crippen LogP contribution in [0.2, 0.25) is 0 Å². The van der Waals surface area contributed by atoms with Crippen LogP contribution in [-0.4, -0.2) is 45.9 Å². The third kappa shape index (κ3) is 2.56. The molecule has 2 heterocycles. The van der Waals surface area contributed by atoms with Gasteiger partial charge in [0.15, 0.2) is 0 Å². The molecule has 6 heteroatoms. The first-order valence-electron chi connectivity index (χ1n) is 7.58. The highest BCUT2D eigenvalue weighted by atomic mass is 16.2. The van der Waals surface area contributed by atoms with Crippen molar-refractivity contribution in [2.75, 3.05) is 19.6 Å². The first-order valence-corrected chi connectivity index (χ1v) is 7.58. The van der Waals surface area contributed by atoms with Gasteiger partial charge in [0.1, 0.15) is 0 Å². The molecule has 2 aromatic rings. The zero-order chi connectivity index (χ0) is 15.7. The zero-order valence-corrected chi connectivity index (χ0v) is 12.9. The molecular formula is C16H20N4O2.